The maximum Gasteiger partial charge on any atom is 0.522 e. The Hall–Kier alpha value is -5.59. The van der Waals surface area contributed by atoms with Gasteiger partial charge in [0.05, 0.1) is 5.41 Å². The largest absolute Gasteiger partial charge is 0.522 e. The summed E-state index contributed by atoms with van der Waals surface area (Å²) in [4.78, 5) is 0. The average molecular weight is 881 g/mol. The minimum Gasteiger partial charge on any atom is -0.279 e. The number of hydrogen-bond acceptors (Lipinski definition) is 2. The summed E-state index contributed by atoms with van der Waals surface area (Å²) in [7, 11) is -5.43. The van der Waals surface area contributed by atoms with Crippen molar-refractivity contribution in [3.63, 3.8) is 0 Å². The number of alkyl halides is 3. The lowest BCUT2D eigenvalue weighted by molar-refractivity contribution is -0.0510. The molecule has 0 bridgehead atoms. The fourth-order valence-electron chi connectivity index (χ4n) is 9.55. The standard InChI is InChI=1S/C54H51P.CHF3O3S/c1-38-12-24-44(25-13-38)51-36-37-52(45-26-14-39(2)15-27-45,55-50-10-8-7-9-11-50)54(48-32-20-42(5)21-33-48,49-34-22-43(6)23-35-49)53(51,46-28-16-40(3)17-29-46)47-30-18-41(4)19-31-47;2-1(3,4)8(5,6)7/h7-37,51,55H,1-6H3;(H,5,6,7). The van der Waals surface area contributed by atoms with Crippen molar-refractivity contribution in [3.05, 3.63) is 255 Å². The Morgan fingerprint density at radius 3 is 1.14 bits per heavy atom. The lowest BCUT2D eigenvalue weighted by atomic mass is 9.40. The summed E-state index contributed by atoms with van der Waals surface area (Å²) >= 11 is 0. The van der Waals surface area contributed by atoms with E-state index in [1.54, 1.807) is 0 Å². The molecule has 8 heteroatoms. The maximum absolute atomic E-state index is 10.7. The van der Waals surface area contributed by atoms with E-state index in [2.05, 4.69) is 230 Å². The fraction of sp³-hybridized carbons (Fsp3) is 0.200. The average Bonchev–Trinajstić information content (AvgIpc) is 3.25. The third-order valence-corrected chi connectivity index (χ3v) is 15.0. The summed E-state index contributed by atoms with van der Waals surface area (Å²) in [6.07, 6.45) is 5.24. The number of aryl methyl sites for hydroxylation is 6. The molecule has 3 unspecified atom stereocenters. The molecule has 0 saturated carbocycles. The Morgan fingerprint density at radius 2 is 0.794 bits per heavy atom. The summed E-state index contributed by atoms with van der Waals surface area (Å²) < 4.78 is 57.5. The van der Waals surface area contributed by atoms with Crippen LogP contribution in [0.1, 0.15) is 72.7 Å². The van der Waals surface area contributed by atoms with Crippen LogP contribution < -0.4 is 5.30 Å². The van der Waals surface area contributed by atoms with Gasteiger partial charge >= 0.3 is 15.6 Å². The summed E-state index contributed by atoms with van der Waals surface area (Å²) in [5.41, 5.74) is 8.59. The summed E-state index contributed by atoms with van der Waals surface area (Å²) in [5, 5.41) is 0.801. The molecule has 0 spiro atoms. The molecule has 0 aromatic heterocycles. The van der Waals surface area contributed by atoms with E-state index in [1.165, 1.54) is 72.1 Å². The highest BCUT2D eigenvalue weighted by Crippen LogP contribution is 2.73. The van der Waals surface area contributed by atoms with Crippen molar-refractivity contribution in [1.82, 2.24) is 0 Å². The van der Waals surface area contributed by atoms with E-state index < -0.39 is 31.6 Å². The van der Waals surface area contributed by atoms with Gasteiger partial charge in [-0.1, -0.05) is 230 Å². The van der Waals surface area contributed by atoms with Crippen LogP contribution in [0.15, 0.2) is 188 Å². The topological polar surface area (TPSA) is 54.4 Å². The van der Waals surface area contributed by atoms with Crippen molar-refractivity contribution in [2.24, 2.45) is 0 Å². The molecule has 7 aromatic carbocycles. The van der Waals surface area contributed by atoms with E-state index in [9.17, 15) is 13.2 Å². The number of rotatable bonds is 8. The smallest absolute Gasteiger partial charge is 0.279 e. The molecule has 3 atom stereocenters. The van der Waals surface area contributed by atoms with Crippen LogP contribution >= 0.6 is 8.58 Å². The highest BCUT2D eigenvalue weighted by atomic mass is 32.2. The second kappa shape index (κ2) is 17.9. The molecule has 0 heterocycles. The predicted octanol–water partition coefficient (Wildman–Crippen LogP) is 13.5. The molecule has 8 rings (SSSR count). The molecule has 0 amide bonds. The van der Waals surface area contributed by atoms with Gasteiger partial charge in [-0.3, -0.25) is 4.55 Å². The van der Waals surface area contributed by atoms with Crippen molar-refractivity contribution in [1.29, 1.82) is 0 Å². The first kappa shape index (κ1) is 45.4. The molecule has 1 aliphatic rings. The Labute approximate surface area is 372 Å². The highest BCUT2D eigenvalue weighted by molar-refractivity contribution is 7.86. The van der Waals surface area contributed by atoms with Crippen LogP contribution in [0.4, 0.5) is 13.2 Å². The first-order valence-electron chi connectivity index (χ1n) is 20.9. The van der Waals surface area contributed by atoms with Gasteiger partial charge in [-0.15, -0.1) is 0 Å². The van der Waals surface area contributed by atoms with E-state index in [1.807, 2.05) is 0 Å². The van der Waals surface area contributed by atoms with E-state index in [4.69, 9.17) is 13.0 Å². The third kappa shape index (κ3) is 8.47. The Balaban J connectivity index is 0.000000679. The number of hydrogen-bond donors (Lipinski definition) is 1. The van der Waals surface area contributed by atoms with Crippen LogP contribution in [0.25, 0.3) is 0 Å². The number of allylic oxidation sites excluding steroid dienone is 2. The Bertz CT molecular complexity index is 2690. The van der Waals surface area contributed by atoms with Crippen LogP contribution in [-0.2, 0) is 26.1 Å². The van der Waals surface area contributed by atoms with Gasteiger partial charge in [-0.05, 0) is 80.2 Å². The molecule has 0 radical (unpaired) electrons. The van der Waals surface area contributed by atoms with Crippen molar-refractivity contribution < 1.29 is 26.1 Å². The zero-order valence-corrected chi connectivity index (χ0v) is 38.1. The van der Waals surface area contributed by atoms with Gasteiger partial charge in [0, 0.05) is 16.5 Å². The predicted molar refractivity (Wildman–Crippen MR) is 254 cm³/mol. The third-order valence-electron chi connectivity index (χ3n) is 12.5. The van der Waals surface area contributed by atoms with E-state index in [-0.39, 0.29) is 5.92 Å². The fourth-order valence-corrected chi connectivity index (χ4v) is 11.5. The first-order valence-corrected chi connectivity index (χ1v) is 23.3. The molecular weight excluding hydrogens is 829 g/mol. The number of benzene rings is 7. The van der Waals surface area contributed by atoms with Crippen LogP contribution in [0.3, 0.4) is 0 Å². The second-order valence-corrected chi connectivity index (χ2v) is 19.9. The quantitative estimate of drug-likeness (QED) is 0.0716. The van der Waals surface area contributed by atoms with Crippen molar-refractivity contribution >= 4 is 24.0 Å². The van der Waals surface area contributed by atoms with E-state index in [0.29, 0.717) is 8.58 Å². The molecular formula is C55H52F3O3PS. The minimum absolute atomic E-state index is 0.0275. The van der Waals surface area contributed by atoms with Gasteiger partial charge in [-0.25, -0.2) is 0 Å². The lowest BCUT2D eigenvalue weighted by Gasteiger charge is -2.65. The van der Waals surface area contributed by atoms with Gasteiger partial charge in [0.25, 0.3) is 0 Å². The molecule has 0 fully saturated rings. The minimum atomic E-state index is -5.84. The number of halogens is 3. The van der Waals surface area contributed by atoms with Crippen LogP contribution in [-0.4, -0.2) is 18.5 Å². The SMILES string of the molecule is Cc1ccc(C2C=CC(Pc3ccccc3)(c3ccc(C)cc3)C(c3ccc(C)cc3)(c3ccc(C)cc3)C2(c2ccc(C)cc2)c2ccc(C)cc2)cc1.O=S(=O)(O)C(F)(F)F. The summed E-state index contributed by atoms with van der Waals surface area (Å²) in [6, 6.07) is 68.4. The van der Waals surface area contributed by atoms with Gasteiger partial charge < -0.3 is 0 Å². The first-order chi connectivity index (χ1) is 29.9. The van der Waals surface area contributed by atoms with Gasteiger partial charge in [0.2, 0.25) is 0 Å². The van der Waals surface area contributed by atoms with Crippen LogP contribution in [0, 0.1) is 41.5 Å². The lowest BCUT2D eigenvalue weighted by Crippen LogP contribution is -2.65. The monoisotopic (exact) mass is 880 g/mol. The van der Waals surface area contributed by atoms with Gasteiger partial charge in [0.1, 0.15) is 0 Å². The molecule has 1 aliphatic carbocycles. The Morgan fingerprint density at radius 1 is 0.476 bits per heavy atom. The Kier molecular flexibility index (Phi) is 12.9. The van der Waals surface area contributed by atoms with E-state index >= 15 is 0 Å². The molecule has 63 heavy (non-hydrogen) atoms. The molecule has 0 aliphatic heterocycles. The molecule has 3 nitrogen and oxygen atoms in total. The molecule has 1 N–H and O–H groups in total. The van der Waals surface area contributed by atoms with Crippen LogP contribution in [0.5, 0.6) is 0 Å². The summed E-state index contributed by atoms with van der Waals surface area (Å²) in [5.74, 6) is -0.0275. The second-order valence-electron chi connectivity index (χ2n) is 16.9. The maximum atomic E-state index is 10.7. The van der Waals surface area contributed by atoms with E-state index in [0.717, 1.165) is 0 Å². The van der Waals surface area contributed by atoms with Crippen molar-refractivity contribution in [2.75, 3.05) is 0 Å². The molecule has 322 valence electrons. The van der Waals surface area contributed by atoms with Crippen molar-refractivity contribution in [2.45, 2.75) is 69.0 Å². The molecule has 0 saturated heterocycles. The zero-order valence-electron chi connectivity index (χ0n) is 36.3. The highest BCUT2D eigenvalue weighted by Gasteiger charge is 2.69. The van der Waals surface area contributed by atoms with Crippen molar-refractivity contribution in [3.8, 4) is 0 Å². The zero-order chi connectivity index (χ0) is 45.2. The molecule has 7 aromatic rings. The van der Waals surface area contributed by atoms with Gasteiger partial charge in [-0.2, -0.15) is 21.6 Å². The summed E-state index contributed by atoms with van der Waals surface area (Å²) in [6.45, 7) is 13.2. The van der Waals surface area contributed by atoms with Gasteiger partial charge in [0.15, 0.2) is 0 Å². The normalized spacial score (nSPS) is 18.2. The van der Waals surface area contributed by atoms with Crippen LogP contribution in [0.2, 0.25) is 0 Å².